The van der Waals surface area contributed by atoms with Gasteiger partial charge in [-0.15, -0.1) is 24.8 Å². The number of carbonyl (C=O) groups excluding carboxylic acids is 1. The quantitative estimate of drug-likeness (QED) is 0.680. The summed E-state index contributed by atoms with van der Waals surface area (Å²) in [6.45, 7) is 2.06. The van der Waals surface area contributed by atoms with Crippen LogP contribution in [0.25, 0.3) is 0 Å². The molecule has 0 radical (unpaired) electrons. The van der Waals surface area contributed by atoms with Gasteiger partial charge in [-0.1, -0.05) is 18.2 Å². The van der Waals surface area contributed by atoms with Crippen LogP contribution in [0.5, 0.6) is 11.6 Å². The lowest BCUT2D eigenvalue weighted by atomic mass is 10.1. The Morgan fingerprint density at radius 2 is 1.93 bits per heavy atom. The number of nitrogens with zero attached hydrogens (tertiary/aromatic N) is 4. The van der Waals surface area contributed by atoms with Gasteiger partial charge in [-0.05, 0) is 18.2 Å². The van der Waals surface area contributed by atoms with E-state index in [1.807, 2.05) is 53.0 Å². The first-order chi connectivity index (χ1) is 13.2. The highest BCUT2D eigenvalue weighted by Gasteiger charge is 2.31. The first-order valence-corrected chi connectivity index (χ1v) is 8.90. The van der Waals surface area contributed by atoms with Crippen molar-refractivity contribution in [1.82, 2.24) is 24.8 Å². The smallest absolute Gasteiger partial charge is 0.256 e. The van der Waals surface area contributed by atoms with E-state index in [1.54, 1.807) is 24.5 Å². The molecule has 3 aromatic rings. The molecule has 3 heterocycles. The lowest BCUT2D eigenvalue weighted by Gasteiger charge is -2.35. The number of aryl methyl sites for hydroxylation is 1. The second-order valence-electron chi connectivity index (χ2n) is 6.42. The molecule has 9 heteroatoms. The van der Waals surface area contributed by atoms with Crippen LogP contribution in [0.3, 0.4) is 0 Å². The third kappa shape index (κ3) is 5.06. The summed E-state index contributed by atoms with van der Waals surface area (Å²) in [5.41, 5.74) is 0.538. The van der Waals surface area contributed by atoms with Crippen LogP contribution < -0.4 is 10.1 Å². The molecule has 1 atom stereocenters. The lowest BCUT2D eigenvalue weighted by molar-refractivity contribution is 0.0620. The van der Waals surface area contributed by atoms with Gasteiger partial charge in [-0.25, -0.2) is 9.97 Å². The topological polar surface area (TPSA) is 72.3 Å². The lowest BCUT2D eigenvalue weighted by Crippen LogP contribution is -2.49. The summed E-state index contributed by atoms with van der Waals surface area (Å²) in [6, 6.07) is 12.8. The van der Waals surface area contributed by atoms with Gasteiger partial charge in [0.2, 0.25) is 5.88 Å². The summed E-state index contributed by atoms with van der Waals surface area (Å²) >= 11 is 0. The number of aromatic nitrogens is 3. The molecule has 0 bridgehead atoms. The molecule has 1 aromatic carbocycles. The van der Waals surface area contributed by atoms with Crippen molar-refractivity contribution in [3.8, 4) is 11.6 Å². The summed E-state index contributed by atoms with van der Waals surface area (Å²) < 4.78 is 7.65. The molecular formula is C20H23Cl2N5O2. The number of piperazine rings is 1. The average Bonchev–Trinajstić information content (AvgIpc) is 3.14. The predicted molar refractivity (Wildman–Crippen MR) is 115 cm³/mol. The van der Waals surface area contributed by atoms with E-state index in [2.05, 4.69) is 15.3 Å². The van der Waals surface area contributed by atoms with Gasteiger partial charge in [0.1, 0.15) is 17.6 Å². The van der Waals surface area contributed by atoms with Gasteiger partial charge in [0.05, 0.1) is 5.56 Å². The van der Waals surface area contributed by atoms with Crippen molar-refractivity contribution in [3.05, 3.63) is 72.4 Å². The number of imidazole rings is 1. The second kappa shape index (κ2) is 10.2. The maximum Gasteiger partial charge on any atom is 0.256 e. The number of ether oxygens (including phenoxy) is 1. The van der Waals surface area contributed by atoms with E-state index in [9.17, 15) is 4.79 Å². The van der Waals surface area contributed by atoms with E-state index >= 15 is 0 Å². The fourth-order valence-electron chi connectivity index (χ4n) is 3.22. The first-order valence-electron chi connectivity index (χ1n) is 8.90. The molecule has 154 valence electrons. The number of amides is 1. The molecular weight excluding hydrogens is 413 g/mol. The van der Waals surface area contributed by atoms with Crippen LogP contribution in [-0.4, -0.2) is 45.0 Å². The molecule has 7 nitrogen and oxygen atoms in total. The van der Waals surface area contributed by atoms with Crippen LogP contribution in [0, 0.1) is 0 Å². The molecule has 29 heavy (non-hydrogen) atoms. The summed E-state index contributed by atoms with van der Waals surface area (Å²) in [4.78, 5) is 23.6. The fourth-order valence-corrected chi connectivity index (χ4v) is 3.22. The van der Waals surface area contributed by atoms with E-state index in [-0.39, 0.29) is 36.8 Å². The highest BCUT2D eigenvalue weighted by atomic mass is 35.5. The Hall–Kier alpha value is -2.61. The Kier molecular flexibility index (Phi) is 8.01. The van der Waals surface area contributed by atoms with E-state index in [1.165, 1.54) is 0 Å². The Bertz CT molecular complexity index is 918. The predicted octanol–water partition coefficient (Wildman–Crippen LogP) is 3.24. The molecule has 1 fully saturated rings. The number of pyridine rings is 1. The van der Waals surface area contributed by atoms with Gasteiger partial charge in [0, 0.05) is 51.3 Å². The third-order valence-corrected chi connectivity index (χ3v) is 4.61. The minimum Gasteiger partial charge on any atom is -0.439 e. The van der Waals surface area contributed by atoms with Crippen LogP contribution in [0.4, 0.5) is 0 Å². The molecule has 1 unspecified atom stereocenters. The van der Waals surface area contributed by atoms with Crippen molar-refractivity contribution in [1.29, 1.82) is 0 Å². The molecule has 0 spiro atoms. The zero-order chi connectivity index (χ0) is 18.6. The normalized spacial score (nSPS) is 15.8. The fraction of sp³-hybridized carbons (Fsp3) is 0.250. The van der Waals surface area contributed by atoms with E-state index in [0.717, 1.165) is 12.4 Å². The Balaban J connectivity index is 0.00000150. The zero-order valence-corrected chi connectivity index (χ0v) is 17.5. The van der Waals surface area contributed by atoms with Crippen molar-refractivity contribution < 1.29 is 9.53 Å². The van der Waals surface area contributed by atoms with Crippen LogP contribution in [0.2, 0.25) is 0 Å². The molecule has 2 aromatic heterocycles. The van der Waals surface area contributed by atoms with Crippen molar-refractivity contribution in [2.24, 2.45) is 7.05 Å². The summed E-state index contributed by atoms with van der Waals surface area (Å²) in [5, 5.41) is 3.34. The van der Waals surface area contributed by atoms with E-state index in [0.29, 0.717) is 30.3 Å². The van der Waals surface area contributed by atoms with Crippen molar-refractivity contribution >= 4 is 30.7 Å². The molecule has 0 saturated carbocycles. The number of carbonyl (C=O) groups is 1. The van der Waals surface area contributed by atoms with Gasteiger partial charge in [-0.2, -0.15) is 0 Å². The SMILES string of the molecule is Cl.Cl.Cn1ccnc1C1CNCCN1C(=O)c1ccc(Oc2ccccc2)nc1. The van der Waals surface area contributed by atoms with Crippen LogP contribution in [0.15, 0.2) is 61.1 Å². The molecule has 1 aliphatic rings. The third-order valence-electron chi connectivity index (χ3n) is 4.61. The highest BCUT2D eigenvalue weighted by molar-refractivity contribution is 5.94. The second-order valence-corrected chi connectivity index (χ2v) is 6.42. The summed E-state index contributed by atoms with van der Waals surface area (Å²) in [7, 11) is 1.94. The van der Waals surface area contributed by atoms with Crippen LogP contribution >= 0.6 is 24.8 Å². The standard InChI is InChI=1S/C20H21N5O2.2ClH/c1-24-11-10-22-19(24)17-14-21-9-12-25(17)20(26)15-7-8-18(23-13-15)27-16-5-3-2-4-6-16;;/h2-8,10-11,13,17,21H,9,12,14H2,1H3;2*1H. The number of nitrogens with one attached hydrogen (secondary N) is 1. The molecule has 1 aliphatic heterocycles. The molecule has 4 rings (SSSR count). The van der Waals surface area contributed by atoms with Gasteiger partial charge >= 0.3 is 0 Å². The van der Waals surface area contributed by atoms with E-state index < -0.39 is 0 Å². The van der Waals surface area contributed by atoms with Crippen LogP contribution in [-0.2, 0) is 7.05 Å². The average molecular weight is 436 g/mol. The number of benzene rings is 1. The zero-order valence-electron chi connectivity index (χ0n) is 15.9. The molecule has 1 N–H and O–H groups in total. The maximum absolute atomic E-state index is 13.1. The summed E-state index contributed by atoms with van der Waals surface area (Å²) in [6.07, 6.45) is 5.21. The van der Waals surface area contributed by atoms with E-state index in [4.69, 9.17) is 4.74 Å². The van der Waals surface area contributed by atoms with Gasteiger partial charge in [0.15, 0.2) is 0 Å². The van der Waals surface area contributed by atoms with Gasteiger partial charge in [0.25, 0.3) is 5.91 Å². The largest absolute Gasteiger partial charge is 0.439 e. The molecule has 1 saturated heterocycles. The number of hydrogen-bond acceptors (Lipinski definition) is 5. The monoisotopic (exact) mass is 435 g/mol. The summed E-state index contributed by atoms with van der Waals surface area (Å²) in [5.74, 6) is 1.98. The molecule has 0 aliphatic carbocycles. The number of rotatable bonds is 4. The minimum atomic E-state index is -0.105. The van der Waals surface area contributed by atoms with Crippen molar-refractivity contribution in [2.75, 3.05) is 19.6 Å². The Morgan fingerprint density at radius 3 is 2.59 bits per heavy atom. The van der Waals surface area contributed by atoms with Crippen molar-refractivity contribution in [3.63, 3.8) is 0 Å². The number of halogens is 2. The van der Waals surface area contributed by atoms with Crippen molar-refractivity contribution in [2.45, 2.75) is 6.04 Å². The number of hydrogen-bond donors (Lipinski definition) is 1. The first kappa shape index (κ1) is 22.7. The number of para-hydroxylation sites is 1. The van der Waals surface area contributed by atoms with Gasteiger partial charge in [-0.3, -0.25) is 4.79 Å². The Morgan fingerprint density at radius 1 is 1.14 bits per heavy atom. The Labute approximate surface area is 181 Å². The maximum atomic E-state index is 13.1. The molecule has 1 amide bonds. The van der Waals surface area contributed by atoms with Gasteiger partial charge < -0.3 is 19.5 Å². The minimum absolute atomic E-state index is 0. The van der Waals surface area contributed by atoms with Crippen LogP contribution in [0.1, 0.15) is 22.2 Å². The highest BCUT2D eigenvalue weighted by Crippen LogP contribution is 2.24.